The van der Waals surface area contributed by atoms with Gasteiger partial charge in [-0.2, -0.15) is 0 Å². The number of nitrogens with two attached hydrogens (primary N) is 1. The number of methoxy groups -OCH3 is 1. The lowest BCUT2D eigenvalue weighted by molar-refractivity contribution is 0.0990. The topological polar surface area (TPSA) is 124 Å². The number of carbonyl (C=O) groups excluding carboxylic acids is 1. The molecule has 1 unspecified atom stereocenters. The predicted octanol–water partition coefficient (Wildman–Crippen LogP) is 0.420. The summed E-state index contributed by atoms with van der Waals surface area (Å²) in [6.45, 7) is 0. The predicted molar refractivity (Wildman–Crippen MR) is 89.7 cm³/mol. The van der Waals surface area contributed by atoms with E-state index in [9.17, 15) is 13.2 Å². The molecule has 25 heavy (non-hydrogen) atoms. The number of sulfonamides is 1. The van der Waals surface area contributed by atoms with Crippen LogP contribution in [0.4, 0.5) is 0 Å². The van der Waals surface area contributed by atoms with Crippen molar-refractivity contribution >= 4 is 15.9 Å². The maximum absolute atomic E-state index is 12.5. The molecule has 1 heterocycles. The SMILES string of the molecule is COc1ccc(S(=O)(=O)NC2CCc3nc(C(N)=O)ncc3C2)cc1. The van der Waals surface area contributed by atoms with Crippen molar-refractivity contribution in [3.05, 3.63) is 47.5 Å². The molecule has 0 fully saturated rings. The molecule has 8 nitrogen and oxygen atoms in total. The molecular formula is C16H18N4O4S. The van der Waals surface area contributed by atoms with Gasteiger partial charge in [-0.15, -0.1) is 0 Å². The Balaban J connectivity index is 1.74. The van der Waals surface area contributed by atoms with E-state index in [-0.39, 0.29) is 16.8 Å². The van der Waals surface area contributed by atoms with Crippen LogP contribution >= 0.6 is 0 Å². The number of nitrogens with zero attached hydrogens (tertiary/aromatic N) is 2. The zero-order valence-corrected chi connectivity index (χ0v) is 14.4. The third-order valence-electron chi connectivity index (χ3n) is 4.06. The smallest absolute Gasteiger partial charge is 0.286 e. The standard InChI is InChI=1S/C16H18N4O4S/c1-24-12-3-5-13(6-4-12)25(22,23)20-11-2-7-14-10(8-11)9-18-16(19-14)15(17)21/h3-6,9,11,20H,2,7-8H2,1H3,(H2,17,21). The van der Waals surface area contributed by atoms with Crippen LogP contribution in [0, 0.1) is 0 Å². The Morgan fingerprint density at radius 1 is 1.32 bits per heavy atom. The Bertz CT molecular complexity index is 897. The Hall–Kier alpha value is -2.52. The summed E-state index contributed by atoms with van der Waals surface area (Å²) in [6, 6.07) is 5.94. The van der Waals surface area contributed by atoms with Crippen molar-refractivity contribution in [1.29, 1.82) is 0 Å². The third kappa shape index (κ3) is 3.77. The van der Waals surface area contributed by atoms with Gasteiger partial charge in [-0.1, -0.05) is 0 Å². The van der Waals surface area contributed by atoms with E-state index < -0.39 is 15.9 Å². The van der Waals surface area contributed by atoms with Crippen LogP contribution in [0.1, 0.15) is 28.3 Å². The number of carbonyl (C=O) groups is 1. The molecule has 0 saturated carbocycles. The molecule has 1 aliphatic carbocycles. The van der Waals surface area contributed by atoms with Gasteiger partial charge in [-0.25, -0.2) is 23.1 Å². The van der Waals surface area contributed by atoms with Crippen LogP contribution in [-0.2, 0) is 22.9 Å². The normalized spacial score (nSPS) is 16.9. The van der Waals surface area contributed by atoms with Gasteiger partial charge in [0.25, 0.3) is 5.91 Å². The summed E-state index contributed by atoms with van der Waals surface area (Å²) in [6.07, 6.45) is 3.13. The van der Waals surface area contributed by atoms with Crippen LogP contribution in [0.5, 0.6) is 5.75 Å². The minimum absolute atomic E-state index is 0.0176. The summed E-state index contributed by atoms with van der Waals surface area (Å²) in [7, 11) is -2.11. The lowest BCUT2D eigenvalue weighted by atomic mass is 9.93. The molecule has 0 spiro atoms. The zero-order valence-electron chi connectivity index (χ0n) is 13.6. The summed E-state index contributed by atoms with van der Waals surface area (Å²) in [5.41, 5.74) is 6.74. The maximum atomic E-state index is 12.5. The van der Waals surface area contributed by atoms with Gasteiger partial charge in [0, 0.05) is 17.9 Å². The van der Waals surface area contributed by atoms with Gasteiger partial charge >= 0.3 is 0 Å². The van der Waals surface area contributed by atoms with Crippen molar-refractivity contribution in [2.45, 2.75) is 30.2 Å². The molecule has 1 aromatic carbocycles. The van der Waals surface area contributed by atoms with Gasteiger partial charge in [0.05, 0.1) is 12.0 Å². The van der Waals surface area contributed by atoms with Crippen LogP contribution < -0.4 is 15.2 Å². The first-order valence-corrected chi connectivity index (χ1v) is 9.18. The fourth-order valence-corrected chi connectivity index (χ4v) is 4.04. The Morgan fingerprint density at radius 2 is 2.04 bits per heavy atom. The monoisotopic (exact) mass is 362 g/mol. The largest absolute Gasteiger partial charge is 0.497 e. The highest BCUT2D eigenvalue weighted by Gasteiger charge is 2.26. The second kappa shape index (κ2) is 6.77. The number of amides is 1. The van der Waals surface area contributed by atoms with E-state index in [1.54, 1.807) is 12.1 Å². The first-order valence-electron chi connectivity index (χ1n) is 7.70. The minimum Gasteiger partial charge on any atom is -0.497 e. The van der Waals surface area contributed by atoms with Gasteiger partial charge in [-0.05, 0) is 49.1 Å². The summed E-state index contributed by atoms with van der Waals surface area (Å²) >= 11 is 0. The second-order valence-electron chi connectivity index (χ2n) is 5.77. The van der Waals surface area contributed by atoms with Crippen LogP contribution in [0.2, 0.25) is 0 Å². The van der Waals surface area contributed by atoms with E-state index in [0.717, 1.165) is 11.3 Å². The highest BCUT2D eigenvalue weighted by molar-refractivity contribution is 7.89. The number of aromatic nitrogens is 2. The van der Waals surface area contributed by atoms with E-state index in [4.69, 9.17) is 10.5 Å². The van der Waals surface area contributed by atoms with Crippen molar-refractivity contribution in [3.63, 3.8) is 0 Å². The van der Waals surface area contributed by atoms with Crippen molar-refractivity contribution in [2.75, 3.05) is 7.11 Å². The average molecular weight is 362 g/mol. The number of nitrogens with one attached hydrogen (secondary N) is 1. The molecule has 0 radical (unpaired) electrons. The molecule has 0 saturated heterocycles. The van der Waals surface area contributed by atoms with Crippen molar-refractivity contribution in [3.8, 4) is 5.75 Å². The van der Waals surface area contributed by atoms with Crippen LogP contribution in [0.3, 0.4) is 0 Å². The molecule has 1 aromatic heterocycles. The maximum Gasteiger partial charge on any atom is 0.286 e. The van der Waals surface area contributed by atoms with Gasteiger partial charge in [-0.3, -0.25) is 4.79 Å². The molecule has 0 bridgehead atoms. The second-order valence-corrected chi connectivity index (χ2v) is 7.48. The van der Waals surface area contributed by atoms with Crippen molar-refractivity contribution in [1.82, 2.24) is 14.7 Å². The first-order chi connectivity index (χ1) is 11.9. The average Bonchev–Trinajstić information content (AvgIpc) is 2.61. The fourth-order valence-electron chi connectivity index (χ4n) is 2.77. The summed E-state index contributed by atoms with van der Waals surface area (Å²) in [5, 5.41) is 0. The molecule has 1 aliphatic rings. The first kappa shape index (κ1) is 17.3. The molecule has 1 amide bonds. The summed E-state index contributed by atoms with van der Waals surface area (Å²) in [4.78, 5) is 19.4. The van der Waals surface area contributed by atoms with Gasteiger partial charge in [0.1, 0.15) is 5.75 Å². The van der Waals surface area contributed by atoms with Crippen molar-refractivity contribution < 1.29 is 17.9 Å². The minimum atomic E-state index is -3.63. The molecule has 3 rings (SSSR count). The number of hydrogen-bond acceptors (Lipinski definition) is 6. The van der Waals surface area contributed by atoms with Gasteiger partial charge in [0.15, 0.2) is 0 Å². The van der Waals surface area contributed by atoms with Crippen molar-refractivity contribution in [2.24, 2.45) is 5.73 Å². The van der Waals surface area contributed by atoms with E-state index >= 15 is 0 Å². The van der Waals surface area contributed by atoms with Gasteiger partial charge < -0.3 is 10.5 Å². The van der Waals surface area contributed by atoms with E-state index in [1.807, 2.05) is 0 Å². The highest BCUT2D eigenvalue weighted by Crippen LogP contribution is 2.22. The van der Waals surface area contributed by atoms with Gasteiger partial charge in [0.2, 0.25) is 15.8 Å². The number of hydrogen-bond donors (Lipinski definition) is 2. The Kier molecular flexibility index (Phi) is 4.69. The number of rotatable bonds is 5. The molecule has 1 atom stereocenters. The van der Waals surface area contributed by atoms with E-state index in [2.05, 4.69) is 14.7 Å². The molecular weight excluding hydrogens is 344 g/mol. The highest BCUT2D eigenvalue weighted by atomic mass is 32.2. The number of aryl methyl sites for hydroxylation is 1. The fraction of sp³-hybridized carbons (Fsp3) is 0.312. The Morgan fingerprint density at radius 3 is 2.68 bits per heavy atom. The van der Waals surface area contributed by atoms with Crippen LogP contribution in [0.15, 0.2) is 35.4 Å². The summed E-state index contributed by atoms with van der Waals surface area (Å²) < 4.78 is 32.8. The number of fused-ring (bicyclic) bond motifs is 1. The number of benzene rings is 1. The lowest BCUT2D eigenvalue weighted by Crippen LogP contribution is -2.39. The number of primary amides is 1. The Labute approximate surface area is 145 Å². The molecule has 9 heteroatoms. The molecule has 132 valence electrons. The number of ether oxygens (including phenoxy) is 1. The zero-order chi connectivity index (χ0) is 18.0. The van der Waals surface area contributed by atoms with E-state index in [0.29, 0.717) is 25.0 Å². The van der Waals surface area contributed by atoms with Crippen LogP contribution in [0.25, 0.3) is 0 Å². The molecule has 3 N–H and O–H groups in total. The quantitative estimate of drug-likeness (QED) is 0.794. The lowest BCUT2D eigenvalue weighted by Gasteiger charge is -2.24. The van der Waals surface area contributed by atoms with E-state index in [1.165, 1.54) is 25.4 Å². The summed E-state index contributed by atoms with van der Waals surface area (Å²) in [5.74, 6) is -0.103. The molecule has 0 aliphatic heterocycles. The third-order valence-corrected chi connectivity index (χ3v) is 5.60. The molecule has 2 aromatic rings. The van der Waals surface area contributed by atoms with Crippen LogP contribution in [-0.4, -0.2) is 37.4 Å².